The van der Waals surface area contributed by atoms with E-state index in [2.05, 4.69) is 231 Å². The minimum atomic E-state index is -0.717. The Bertz CT molecular complexity index is 4560. The van der Waals surface area contributed by atoms with E-state index in [-0.39, 0.29) is 5.41 Å². The normalized spacial score (nSPS) is 16.6. The largest absolute Gasteiger partial charge is 0.456 e. The molecule has 0 saturated carbocycles. The van der Waals surface area contributed by atoms with Crippen molar-refractivity contribution in [1.82, 2.24) is 14.5 Å². The van der Waals surface area contributed by atoms with E-state index in [1.54, 1.807) is 0 Å². The number of rotatable bonds is 2. The Hall–Kier alpha value is -9.12. The van der Waals surface area contributed by atoms with E-state index in [9.17, 15) is 0 Å². The first-order valence-electron chi connectivity index (χ1n) is 25.5. The molecule has 4 nitrogen and oxygen atoms in total. The lowest BCUT2D eigenvalue weighted by molar-refractivity contribution is 0.561. The first kappa shape index (κ1) is 39.6. The van der Waals surface area contributed by atoms with Crippen molar-refractivity contribution in [3.8, 4) is 50.5 Å². The van der Waals surface area contributed by atoms with E-state index in [1.165, 1.54) is 83.1 Å². The highest BCUT2D eigenvalue weighted by Crippen LogP contribution is 2.67. The van der Waals surface area contributed by atoms with Crippen LogP contribution in [0.3, 0.4) is 0 Å². The standard InChI is InChI=1S/C69H43N3O/c1-67(2)53-26-13-14-27-54(53)69(58-37-49-45-21-8-12-25-52(45)68(56(49)38-57(58)67)50-23-10-6-19-43(50)44-20-7-11-24-51(44)68)55-28-16-34-70-64(55)65-59(69)35-41(39-71-65)40-30-31-46-47-32-33-62-63(48-22-9-15-29-61(48)73-62)66(47)72(60(46)36-40)42-17-4-3-5-18-42/h3-39H,1-2H3. The lowest BCUT2D eigenvalue weighted by atomic mass is 9.55. The second-order valence-corrected chi connectivity index (χ2v) is 21.1. The molecule has 4 heteroatoms. The van der Waals surface area contributed by atoms with Crippen LogP contribution in [-0.4, -0.2) is 14.5 Å². The first-order chi connectivity index (χ1) is 36.0. The van der Waals surface area contributed by atoms with Gasteiger partial charge in [-0.15, -0.1) is 0 Å². The lowest BCUT2D eigenvalue weighted by Crippen LogP contribution is -2.41. The smallest absolute Gasteiger partial charge is 0.137 e. The summed E-state index contributed by atoms with van der Waals surface area (Å²) in [7, 11) is 0. The van der Waals surface area contributed by atoms with Crippen LogP contribution in [0, 0.1) is 0 Å². The maximum atomic E-state index is 6.49. The molecule has 0 radical (unpaired) electrons. The van der Waals surface area contributed by atoms with Crippen molar-refractivity contribution in [1.29, 1.82) is 0 Å². The molecule has 0 aliphatic heterocycles. The number of benzene rings is 9. The Morgan fingerprint density at radius 2 is 1.00 bits per heavy atom. The Balaban J connectivity index is 0.954. The Morgan fingerprint density at radius 1 is 0.384 bits per heavy atom. The Kier molecular flexibility index (Phi) is 7.39. The van der Waals surface area contributed by atoms with E-state index >= 15 is 0 Å². The van der Waals surface area contributed by atoms with Gasteiger partial charge in [-0.2, -0.15) is 0 Å². The van der Waals surface area contributed by atoms with Gasteiger partial charge < -0.3 is 8.98 Å². The first-order valence-corrected chi connectivity index (χ1v) is 25.5. The summed E-state index contributed by atoms with van der Waals surface area (Å²) in [5.41, 5.74) is 25.8. The van der Waals surface area contributed by atoms with E-state index < -0.39 is 10.8 Å². The van der Waals surface area contributed by atoms with Crippen LogP contribution in [0.15, 0.2) is 229 Å². The highest BCUT2D eigenvalue weighted by atomic mass is 16.3. The number of pyridine rings is 2. The molecule has 4 aliphatic carbocycles. The van der Waals surface area contributed by atoms with Crippen molar-refractivity contribution in [3.05, 3.63) is 280 Å². The summed E-state index contributed by atoms with van der Waals surface area (Å²) < 4.78 is 8.93. The van der Waals surface area contributed by atoms with Crippen LogP contribution in [-0.2, 0) is 16.2 Å². The van der Waals surface area contributed by atoms with Crippen molar-refractivity contribution < 1.29 is 4.42 Å². The monoisotopic (exact) mass is 929 g/mol. The van der Waals surface area contributed by atoms with E-state index in [0.717, 1.165) is 66.7 Å². The molecular formula is C69H43N3O. The fraction of sp³-hybridized carbons (Fsp3) is 0.0725. The number of aromatic nitrogens is 3. The molecular weight excluding hydrogens is 887 g/mol. The van der Waals surface area contributed by atoms with Crippen LogP contribution < -0.4 is 0 Å². The lowest BCUT2D eigenvalue weighted by Gasteiger charge is -2.47. The number of hydrogen-bond donors (Lipinski definition) is 0. The minimum Gasteiger partial charge on any atom is -0.456 e. The predicted molar refractivity (Wildman–Crippen MR) is 295 cm³/mol. The number of furan rings is 1. The molecule has 9 aromatic carbocycles. The fourth-order valence-corrected chi connectivity index (χ4v) is 14.7. The molecule has 0 amide bonds. The van der Waals surface area contributed by atoms with Crippen molar-refractivity contribution in [2.75, 3.05) is 0 Å². The maximum Gasteiger partial charge on any atom is 0.137 e. The van der Waals surface area contributed by atoms with E-state index in [1.807, 2.05) is 12.3 Å². The molecule has 0 N–H and O–H groups in total. The van der Waals surface area contributed by atoms with Crippen molar-refractivity contribution in [2.45, 2.75) is 30.1 Å². The van der Waals surface area contributed by atoms with Gasteiger partial charge in [0.25, 0.3) is 0 Å². The summed E-state index contributed by atoms with van der Waals surface area (Å²) in [4.78, 5) is 10.7. The molecule has 0 saturated heterocycles. The van der Waals surface area contributed by atoms with Gasteiger partial charge in [-0.25, -0.2) is 0 Å². The zero-order valence-corrected chi connectivity index (χ0v) is 40.1. The van der Waals surface area contributed by atoms with Gasteiger partial charge in [-0.05, 0) is 132 Å². The van der Waals surface area contributed by atoms with Gasteiger partial charge in [-0.1, -0.05) is 172 Å². The van der Waals surface area contributed by atoms with Gasteiger partial charge in [0, 0.05) is 50.8 Å². The van der Waals surface area contributed by atoms with Crippen LogP contribution in [0.25, 0.3) is 94.2 Å². The van der Waals surface area contributed by atoms with Crippen molar-refractivity contribution in [2.24, 2.45) is 0 Å². The summed E-state index contributed by atoms with van der Waals surface area (Å²) in [5, 5.41) is 4.62. The van der Waals surface area contributed by atoms with Crippen LogP contribution in [0.4, 0.5) is 0 Å². The summed E-state index contributed by atoms with van der Waals surface area (Å²) in [6, 6.07) is 79.2. The average Bonchev–Trinajstić information content (AvgIpc) is 4.32. The molecule has 4 aromatic heterocycles. The van der Waals surface area contributed by atoms with Crippen molar-refractivity contribution in [3.63, 3.8) is 0 Å². The zero-order chi connectivity index (χ0) is 48.0. The number of para-hydroxylation sites is 2. The van der Waals surface area contributed by atoms with Gasteiger partial charge in [0.1, 0.15) is 11.2 Å². The molecule has 4 heterocycles. The molecule has 2 spiro atoms. The topological polar surface area (TPSA) is 43.9 Å². The number of fused-ring (bicyclic) bond motifs is 26. The van der Waals surface area contributed by atoms with Crippen LogP contribution in [0.5, 0.6) is 0 Å². The molecule has 4 aliphatic rings. The minimum absolute atomic E-state index is 0.350. The fourth-order valence-electron chi connectivity index (χ4n) is 14.7. The highest BCUT2D eigenvalue weighted by molar-refractivity contribution is 6.24. The van der Waals surface area contributed by atoms with Crippen LogP contribution in [0.1, 0.15) is 69.5 Å². The van der Waals surface area contributed by atoms with Gasteiger partial charge in [0.05, 0.1) is 38.6 Å². The molecule has 17 rings (SSSR count). The summed E-state index contributed by atoms with van der Waals surface area (Å²) in [5.74, 6) is 0. The summed E-state index contributed by atoms with van der Waals surface area (Å²) >= 11 is 0. The van der Waals surface area contributed by atoms with Crippen LogP contribution >= 0.6 is 0 Å². The summed E-state index contributed by atoms with van der Waals surface area (Å²) in [6.07, 6.45) is 4.01. The molecule has 0 fully saturated rings. The van der Waals surface area contributed by atoms with E-state index in [4.69, 9.17) is 14.4 Å². The van der Waals surface area contributed by atoms with Gasteiger partial charge in [0.15, 0.2) is 0 Å². The third-order valence-corrected chi connectivity index (χ3v) is 17.6. The third kappa shape index (κ3) is 4.65. The molecule has 73 heavy (non-hydrogen) atoms. The number of nitrogens with zero attached hydrogens (tertiary/aromatic N) is 3. The highest BCUT2D eigenvalue weighted by Gasteiger charge is 2.58. The molecule has 0 bridgehead atoms. The van der Waals surface area contributed by atoms with Gasteiger partial charge in [0.2, 0.25) is 0 Å². The van der Waals surface area contributed by atoms with Crippen molar-refractivity contribution >= 4 is 43.7 Å². The van der Waals surface area contributed by atoms with Gasteiger partial charge >= 0.3 is 0 Å². The van der Waals surface area contributed by atoms with Crippen LogP contribution in [0.2, 0.25) is 0 Å². The third-order valence-electron chi connectivity index (χ3n) is 17.6. The van der Waals surface area contributed by atoms with E-state index in [0.29, 0.717) is 0 Å². The number of hydrogen-bond acceptors (Lipinski definition) is 3. The second kappa shape index (κ2) is 13.6. The second-order valence-electron chi connectivity index (χ2n) is 21.1. The molecule has 340 valence electrons. The Morgan fingerprint density at radius 3 is 1.77 bits per heavy atom. The predicted octanol–water partition coefficient (Wildman–Crippen LogP) is 16.5. The maximum absolute atomic E-state index is 6.49. The zero-order valence-electron chi connectivity index (χ0n) is 40.1. The van der Waals surface area contributed by atoms with Gasteiger partial charge in [-0.3, -0.25) is 9.97 Å². The molecule has 1 atom stereocenters. The summed E-state index contributed by atoms with van der Waals surface area (Å²) in [6.45, 7) is 4.87. The quantitative estimate of drug-likeness (QED) is 0.173. The SMILES string of the molecule is CC1(C)c2ccccc2C2(c3cc4c(cc31)C1(c3ccccc3-c3ccccc31)c1ccccc1-4)c1cccnc1-c1ncc(-c3ccc4c5ccc6oc7ccccc7c6c5n(-c5ccccc5)c4c3)cc12. The Labute approximate surface area is 421 Å². The average molecular weight is 930 g/mol. The molecule has 1 unspecified atom stereocenters. The molecule has 13 aromatic rings.